The van der Waals surface area contributed by atoms with Gasteiger partial charge in [0, 0.05) is 10.6 Å². The Kier molecular flexibility index (Phi) is 5.97. The zero-order chi connectivity index (χ0) is 22.9. The second kappa shape index (κ2) is 9.05. The zero-order valence-electron chi connectivity index (χ0n) is 17.8. The third-order valence-electron chi connectivity index (χ3n) is 6.35. The predicted octanol–water partition coefficient (Wildman–Crippen LogP) is 2.46. The maximum atomic E-state index is 13.7. The quantitative estimate of drug-likeness (QED) is 0.518. The SMILES string of the molecule is O=C(NC(Cc1ccc(O)cc1)C(=O)C1CCNC2C(=O)COC12)c1cc2ccccc2s1. The Morgan fingerprint density at radius 3 is 2.76 bits per heavy atom. The molecule has 2 fully saturated rings. The van der Waals surface area contributed by atoms with Crippen molar-refractivity contribution in [2.24, 2.45) is 5.92 Å². The number of benzene rings is 2. The summed E-state index contributed by atoms with van der Waals surface area (Å²) >= 11 is 1.38. The second-order valence-corrected chi connectivity index (χ2v) is 9.60. The van der Waals surface area contributed by atoms with Gasteiger partial charge in [-0.15, -0.1) is 11.3 Å². The van der Waals surface area contributed by atoms with E-state index < -0.39 is 24.1 Å². The van der Waals surface area contributed by atoms with Crippen LogP contribution in [0.25, 0.3) is 10.1 Å². The van der Waals surface area contributed by atoms with Crippen molar-refractivity contribution >= 4 is 38.9 Å². The average molecular weight is 465 g/mol. The molecule has 5 rings (SSSR count). The minimum absolute atomic E-state index is 0.00286. The Bertz CT molecular complexity index is 1170. The zero-order valence-corrected chi connectivity index (χ0v) is 18.6. The number of fused-ring (bicyclic) bond motifs is 2. The van der Waals surface area contributed by atoms with Gasteiger partial charge in [-0.05, 0) is 54.6 Å². The molecule has 3 aromatic rings. The molecule has 4 unspecified atom stereocenters. The van der Waals surface area contributed by atoms with Crippen molar-refractivity contribution in [2.75, 3.05) is 13.2 Å². The van der Waals surface area contributed by atoms with Crippen molar-refractivity contribution in [1.82, 2.24) is 10.6 Å². The van der Waals surface area contributed by atoms with Crippen molar-refractivity contribution < 1.29 is 24.2 Å². The molecular weight excluding hydrogens is 440 g/mol. The van der Waals surface area contributed by atoms with Crippen LogP contribution in [0.5, 0.6) is 5.75 Å². The fourth-order valence-corrected chi connectivity index (χ4v) is 5.63. The lowest BCUT2D eigenvalue weighted by molar-refractivity contribution is -0.130. The van der Waals surface area contributed by atoms with Crippen molar-refractivity contribution in [3.05, 3.63) is 65.0 Å². The molecule has 2 aliphatic heterocycles. The molecule has 0 saturated carbocycles. The lowest BCUT2D eigenvalue weighted by Gasteiger charge is -2.33. The molecule has 2 aromatic carbocycles. The summed E-state index contributed by atoms with van der Waals surface area (Å²) in [5.74, 6) is -0.824. The third-order valence-corrected chi connectivity index (χ3v) is 7.46. The number of carbonyl (C=O) groups is 3. The van der Waals surface area contributed by atoms with Gasteiger partial charge in [0.05, 0.1) is 23.1 Å². The largest absolute Gasteiger partial charge is 0.508 e. The number of ether oxygens (including phenoxy) is 1. The van der Waals surface area contributed by atoms with Crippen molar-refractivity contribution in [3.63, 3.8) is 0 Å². The number of hydrogen-bond donors (Lipinski definition) is 3. The molecule has 3 N–H and O–H groups in total. The molecule has 0 spiro atoms. The van der Waals surface area contributed by atoms with E-state index in [9.17, 15) is 19.5 Å². The average Bonchev–Trinajstić information content (AvgIpc) is 3.43. The van der Waals surface area contributed by atoms with Gasteiger partial charge in [0.2, 0.25) is 0 Å². The normalized spacial score (nSPS) is 23.3. The predicted molar refractivity (Wildman–Crippen MR) is 125 cm³/mol. The Labute approximate surface area is 194 Å². The van der Waals surface area contributed by atoms with E-state index in [-0.39, 0.29) is 36.3 Å². The number of phenolic OH excluding ortho intramolecular Hbond substituents is 1. The first-order valence-corrected chi connectivity index (χ1v) is 11.8. The Morgan fingerprint density at radius 1 is 1.18 bits per heavy atom. The van der Waals surface area contributed by atoms with Gasteiger partial charge in [-0.25, -0.2) is 0 Å². The number of aromatic hydroxyl groups is 1. The van der Waals surface area contributed by atoms with Crippen molar-refractivity contribution in [3.8, 4) is 5.75 Å². The number of rotatable bonds is 6. The molecule has 1 aromatic heterocycles. The summed E-state index contributed by atoms with van der Waals surface area (Å²) in [4.78, 5) is 39.5. The molecule has 2 saturated heterocycles. The summed E-state index contributed by atoms with van der Waals surface area (Å²) in [6.07, 6.45) is 0.311. The Morgan fingerprint density at radius 2 is 1.97 bits per heavy atom. The number of nitrogens with one attached hydrogen (secondary N) is 2. The van der Waals surface area contributed by atoms with E-state index in [0.29, 0.717) is 17.8 Å². The number of phenols is 1. The molecule has 0 radical (unpaired) electrons. The Balaban J connectivity index is 1.40. The van der Waals surface area contributed by atoms with Gasteiger partial charge in [-0.1, -0.05) is 30.3 Å². The van der Waals surface area contributed by atoms with Crippen LogP contribution in [0, 0.1) is 5.92 Å². The van der Waals surface area contributed by atoms with E-state index in [1.807, 2.05) is 30.3 Å². The fourth-order valence-electron chi connectivity index (χ4n) is 4.66. The van der Waals surface area contributed by atoms with E-state index >= 15 is 0 Å². The van der Waals surface area contributed by atoms with E-state index in [2.05, 4.69) is 10.6 Å². The number of carbonyl (C=O) groups excluding carboxylic acids is 3. The number of ketones is 2. The minimum atomic E-state index is -0.782. The van der Waals surface area contributed by atoms with Crippen LogP contribution in [0.2, 0.25) is 0 Å². The van der Waals surface area contributed by atoms with Crippen LogP contribution >= 0.6 is 11.3 Å². The second-order valence-electron chi connectivity index (χ2n) is 8.52. The van der Waals surface area contributed by atoms with E-state index in [1.165, 1.54) is 11.3 Å². The first-order chi connectivity index (χ1) is 16.0. The van der Waals surface area contributed by atoms with Crippen LogP contribution in [-0.2, 0) is 20.7 Å². The molecule has 8 heteroatoms. The lowest BCUT2D eigenvalue weighted by Crippen LogP contribution is -2.56. The van der Waals surface area contributed by atoms with Gasteiger partial charge >= 0.3 is 0 Å². The summed E-state index contributed by atoms with van der Waals surface area (Å²) in [5, 5.41) is 16.7. The summed E-state index contributed by atoms with van der Waals surface area (Å²) in [6.45, 7) is 0.547. The highest BCUT2D eigenvalue weighted by Gasteiger charge is 2.47. The molecular formula is C25H24N2O5S. The molecule has 2 aliphatic rings. The number of piperidine rings is 1. The standard InChI is InChI=1S/C25H24N2O5S/c28-16-7-5-14(6-8-16)11-18(23(30)17-9-10-26-22-19(29)13-32-24(17)22)27-25(31)21-12-15-3-1-2-4-20(15)33-21/h1-8,12,17-18,22,24,26,28H,9-11,13H2,(H,27,31). The third kappa shape index (κ3) is 4.42. The van der Waals surface area contributed by atoms with E-state index in [4.69, 9.17) is 4.74 Å². The number of amides is 1. The molecule has 33 heavy (non-hydrogen) atoms. The molecule has 3 heterocycles. The molecule has 0 bridgehead atoms. The summed E-state index contributed by atoms with van der Waals surface area (Å²) in [6, 6.07) is 14.9. The van der Waals surface area contributed by atoms with Gasteiger partial charge in [0.1, 0.15) is 12.4 Å². The highest BCUT2D eigenvalue weighted by atomic mass is 32.1. The van der Waals surface area contributed by atoms with Gasteiger partial charge in [-0.2, -0.15) is 0 Å². The topological polar surface area (TPSA) is 105 Å². The summed E-state index contributed by atoms with van der Waals surface area (Å²) < 4.78 is 6.67. The minimum Gasteiger partial charge on any atom is -0.508 e. The van der Waals surface area contributed by atoms with Crippen LogP contribution in [0.15, 0.2) is 54.6 Å². The summed E-state index contributed by atoms with van der Waals surface area (Å²) in [5.41, 5.74) is 0.816. The van der Waals surface area contributed by atoms with Crippen molar-refractivity contribution in [2.45, 2.75) is 31.0 Å². The molecule has 0 aliphatic carbocycles. The Hall–Kier alpha value is -3.07. The van der Waals surface area contributed by atoms with E-state index in [0.717, 1.165) is 15.6 Å². The molecule has 7 nitrogen and oxygen atoms in total. The molecule has 170 valence electrons. The highest BCUT2D eigenvalue weighted by molar-refractivity contribution is 7.20. The smallest absolute Gasteiger partial charge is 0.261 e. The number of Topliss-reactive ketones (excluding diaryl/α,β-unsaturated/α-hetero) is 2. The molecule has 1 amide bonds. The van der Waals surface area contributed by atoms with Crippen LogP contribution in [0.4, 0.5) is 0 Å². The first-order valence-electron chi connectivity index (χ1n) is 11.0. The summed E-state index contributed by atoms with van der Waals surface area (Å²) in [7, 11) is 0. The maximum absolute atomic E-state index is 13.7. The van der Waals surface area contributed by atoms with E-state index in [1.54, 1.807) is 24.3 Å². The van der Waals surface area contributed by atoms with Crippen LogP contribution < -0.4 is 10.6 Å². The first kappa shape index (κ1) is 21.8. The number of hydrogen-bond acceptors (Lipinski definition) is 7. The van der Waals surface area contributed by atoms with Gasteiger partial charge in [0.15, 0.2) is 11.6 Å². The van der Waals surface area contributed by atoms with Crippen molar-refractivity contribution in [1.29, 1.82) is 0 Å². The number of thiophene rings is 1. The van der Waals surface area contributed by atoms with Crippen LogP contribution in [0.3, 0.4) is 0 Å². The van der Waals surface area contributed by atoms with Gasteiger partial charge in [-0.3, -0.25) is 14.4 Å². The van der Waals surface area contributed by atoms with Crippen LogP contribution in [-0.4, -0.2) is 53.9 Å². The maximum Gasteiger partial charge on any atom is 0.261 e. The van der Waals surface area contributed by atoms with Gasteiger partial charge in [0.25, 0.3) is 5.91 Å². The monoisotopic (exact) mass is 464 g/mol. The fraction of sp³-hybridized carbons (Fsp3) is 0.320. The molecule has 4 atom stereocenters. The highest BCUT2D eigenvalue weighted by Crippen LogP contribution is 2.29. The van der Waals surface area contributed by atoms with Gasteiger partial charge < -0.3 is 20.5 Å². The van der Waals surface area contributed by atoms with Crippen LogP contribution in [0.1, 0.15) is 21.7 Å². The lowest BCUT2D eigenvalue weighted by atomic mass is 9.82.